The van der Waals surface area contributed by atoms with Crippen LogP contribution in [0.25, 0.3) is 0 Å². The van der Waals surface area contributed by atoms with Gasteiger partial charge in [0.15, 0.2) is 6.61 Å². The van der Waals surface area contributed by atoms with Crippen LogP contribution in [0.3, 0.4) is 0 Å². The van der Waals surface area contributed by atoms with Gasteiger partial charge in [-0.2, -0.15) is 0 Å². The number of sulfonamides is 1. The van der Waals surface area contributed by atoms with Crippen LogP contribution in [0.4, 0.5) is 5.69 Å². The van der Waals surface area contributed by atoms with Crippen molar-refractivity contribution in [2.24, 2.45) is 0 Å². The van der Waals surface area contributed by atoms with Crippen LogP contribution >= 0.6 is 11.6 Å². The highest BCUT2D eigenvalue weighted by atomic mass is 35.5. The van der Waals surface area contributed by atoms with Crippen LogP contribution < -0.4 is 24.2 Å². The van der Waals surface area contributed by atoms with Gasteiger partial charge in [0.2, 0.25) is 10.0 Å². The van der Waals surface area contributed by atoms with Gasteiger partial charge in [0, 0.05) is 19.7 Å². The van der Waals surface area contributed by atoms with Gasteiger partial charge in [0.1, 0.15) is 17.2 Å². The minimum Gasteiger partial charge on any atom is -0.497 e. The minimum absolute atomic E-state index is 0.0264. The summed E-state index contributed by atoms with van der Waals surface area (Å²) < 4.78 is 47.4. The number of amides is 1. The van der Waals surface area contributed by atoms with E-state index >= 15 is 0 Å². The first-order chi connectivity index (χ1) is 14.3. The molecule has 2 N–H and O–H groups in total. The van der Waals surface area contributed by atoms with E-state index in [0.29, 0.717) is 17.2 Å². The highest BCUT2D eigenvalue weighted by molar-refractivity contribution is 7.89. The number of carbonyl (C=O) groups is 1. The molecule has 0 atom stereocenters. The number of nitrogens with one attached hydrogen (secondary N) is 2. The molecule has 0 aliphatic rings. The van der Waals surface area contributed by atoms with Crippen molar-refractivity contribution in [3.63, 3.8) is 0 Å². The smallest absolute Gasteiger partial charge is 0.262 e. The third-order valence-electron chi connectivity index (χ3n) is 3.85. The molecular weight excluding hydrogens is 436 g/mol. The summed E-state index contributed by atoms with van der Waals surface area (Å²) in [4.78, 5) is 12.2. The Bertz CT molecular complexity index is 983. The van der Waals surface area contributed by atoms with Crippen LogP contribution in [-0.2, 0) is 19.6 Å². The maximum Gasteiger partial charge on any atom is 0.262 e. The SMILES string of the molecule is COCCNS(=O)(=O)c1ccc(OCC(=O)Nc2cc(OC)ccc2OC)c(Cl)c1. The van der Waals surface area contributed by atoms with E-state index in [1.807, 2.05) is 0 Å². The van der Waals surface area contributed by atoms with Crippen LogP contribution in [0.2, 0.25) is 5.02 Å². The van der Waals surface area contributed by atoms with Crippen LogP contribution in [0.15, 0.2) is 41.3 Å². The second-order valence-electron chi connectivity index (χ2n) is 5.89. The standard InChI is InChI=1S/C19H23ClN2O7S/c1-26-9-8-21-30(24,25)14-5-7-17(15(20)11-14)29-12-19(23)22-16-10-13(27-2)4-6-18(16)28-3/h4-7,10-11,21H,8-9,12H2,1-3H3,(H,22,23). The Balaban J connectivity index is 2.02. The second kappa shape index (κ2) is 11.0. The Morgan fingerprint density at radius 3 is 2.40 bits per heavy atom. The molecule has 0 aliphatic heterocycles. The number of halogens is 1. The molecule has 0 aliphatic carbocycles. The number of hydrogen-bond donors (Lipinski definition) is 2. The molecule has 30 heavy (non-hydrogen) atoms. The van der Waals surface area contributed by atoms with E-state index in [-0.39, 0.29) is 35.4 Å². The zero-order chi connectivity index (χ0) is 22.1. The molecule has 2 rings (SSSR count). The van der Waals surface area contributed by atoms with Crippen LogP contribution in [-0.4, -0.2) is 55.4 Å². The Labute approximate surface area is 180 Å². The molecule has 164 valence electrons. The maximum atomic E-state index is 12.2. The third kappa shape index (κ3) is 6.49. The molecule has 0 fully saturated rings. The number of carbonyl (C=O) groups excluding carboxylic acids is 1. The van der Waals surface area contributed by atoms with Gasteiger partial charge in [-0.05, 0) is 30.3 Å². The first kappa shape index (κ1) is 23.7. The Hall–Kier alpha value is -2.53. The predicted molar refractivity (Wildman–Crippen MR) is 112 cm³/mol. The van der Waals surface area contributed by atoms with E-state index in [1.165, 1.54) is 39.5 Å². The first-order valence-electron chi connectivity index (χ1n) is 8.73. The lowest BCUT2D eigenvalue weighted by Crippen LogP contribution is -2.27. The van der Waals surface area contributed by atoms with E-state index in [0.717, 1.165) is 0 Å². The third-order valence-corrected chi connectivity index (χ3v) is 5.61. The highest BCUT2D eigenvalue weighted by Crippen LogP contribution is 2.30. The van der Waals surface area contributed by atoms with Gasteiger partial charge in [-0.1, -0.05) is 11.6 Å². The molecule has 11 heteroatoms. The highest BCUT2D eigenvalue weighted by Gasteiger charge is 2.16. The van der Waals surface area contributed by atoms with E-state index in [2.05, 4.69) is 10.0 Å². The van der Waals surface area contributed by atoms with Gasteiger partial charge in [-0.25, -0.2) is 13.1 Å². The molecule has 9 nitrogen and oxygen atoms in total. The lowest BCUT2D eigenvalue weighted by atomic mass is 10.2. The normalized spacial score (nSPS) is 11.1. The molecule has 2 aromatic carbocycles. The molecule has 0 saturated heterocycles. The average molecular weight is 459 g/mol. The molecule has 0 saturated carbocycles. The van der Waals surface area contributed by atoms with Crippen LogP contribution in [0.1, 0.15) is 0 Å². The molecule has 0 heterocycles. The molecule has 0 bridgehead atoms. The number of benzene rings is 2. The quantitative estimate of drug-likeness (QED) is 0.497. The zero-order valence-corrected chi connectivity index (χ0v) is 18.3. The Morgan fingerprint density at radius 2 is 1.77 bits per heavy atom. The molecule has 0 unspecified atom stereocenters. The summed E-state index contributed by atoms with van der Waals surface area (Å²) in [6.45, 7) is 0.0161. The number of rotatable bonds is 11. The van der Waals surface area contributed by atoms with Gasteiger partial charge in [-0.3, -0.25) is 4.79 Å². The fourth-order valence-electron chi connectivity index (χ4n) is 2.37. The summed E-state index contributed by atoms with van der Waals surface area (Å²) >= 11 is 6.12. The topological polar surface area (TPSA) is 112 Å². The number of methoxy groups -OCH3 is 3. The monoisotopic (exact) mass is 458 g/mol. The van der Waals surface area contributed by atoms with E-state index in [4.69, 9.17) is 30.5 Å². The van der Waals surface area contributed by atoms with Gasteiger partial charge in [-0.15, -0.1) is 0 Å². The largest absolute Gasteiger partial charge is 0.497 e. The maximum absolute atomic E-state index is 12.2. The molecule has 0 spiro atoms. The fraction of sp³-hybridized carbons (Fsp3) is 0.316. The van der Waals surface area contributed by atoms with E-state index < -0.39 is 15.9 Å². The predicted octanol–water partition coefficient (Wildman–Crippen LogP) is 2.30. The van der Waals surface area contributed by atoms with E-state index in [1.54, 1.807) is 18.2 Å². The van der Waals surface area contributed by atoms with Crippen molar-refractivity contribution in [3.05, 3.63) is 41.4 Å². The number of ether oxygens (including phenoxy) is 4. The van der Waals surface area contributed by atoms with Crippen molar-refractivity contribution in [3.8, 4) is 17.2 Å². The summed E-state index contributed by atoms with van der Waals surface area (Å²) in [6.07, 6.45) is 0. The van der Waals surface area contributed by atoms with Gasteiger partial charge in [0.05, 0.1) is 36.4 Å². The van der Waals surface area contributed by atoms with Crippen LogP contribution in [0.5, 0.6) is 17.2 Å². The molecule has 0 aromatic heterocycles. The summed E-state index contributed by atoms with van der Waals surface area (Å²) in [5, 5.41) is 2.71. The summed E-state index contributed by atoms with van der Waals surface area (Å²) in [5.74, 6) is 0.708. The van der Waals surface area contributed by atoms with Crippen molar-refractivity contribution in [2.45, 2.75) is 4.90 Å². The summed E-state index contributed by atoms with van der Waals surface area (Å²) in [5.41, 5.74) is 0.417. The van der Waals surface area contributed by atoms with Gasteiger partial charge in [0.25, 0.3) is 5.91 Å². The second-order valence-corrected chi connectivity index (χ2v) is 8.06. The molecular formula is C19H23ClN2O7S. The van der Waals surface area contributed by atoms with Crippen LogP contribution in [0, 0.1) is 0 Å². The Morgan fingerprint density at radius 1 is 1.03 bits per heavy atom. The van der Waals surface area contributed by atoms with Gasteiger partial charge >= 0.3 is 0 Å². The van der Waals surface area contributed by atoms with E-state index in [9.17, 15) is 13.2 Å². The summed E-state index contributed by atoms with van der Waals surface area (Å²) in [6, 6.07) is 8.93. The van der Waals surface area contributed by atoms with Crippen molar-refractivity contribution < 1.29 is 32.2 Å². The summed E-state index contributed by atoms with van der Waals surface area (Å²) in [7, 11) is 0.726. The van der Waals surface area contributed by atoms with Gasteiger partial charge < -0.3 is 24.3 Å². The number of anilines is 1. The zero-order valence-electron chi connectivity index (χ0n) is 16.7. The van der Waals surface area contributed by atoms with Crippen molar-refractivity contribution in [2.75, 3.05) is 46.4 Å². The molecule has 2 aromatic rings. The van der Waals surface area contributed by atoms with Crippen molar-refractivity contribution in [1.82, 2.24) is 4.72 Å². The van der Waals surface area contributed by atoms with Crippen molar-refractivity contribution in [1.29, 1.82) is 0 Å². The molecule has 1 amide bonds. The minimum atomic E-state index is -3.73. The average Bonchev–Trinajstić information content (AvgIpc) is 2.72. The first-order valence-corrected chi connectivity index (χ1v) is 10.6. The number of hydrogen-bond acceptors (Lipinski definition) is 7. The Kier molecular flexibility index (Phi) is 8.72. The fourth-order valence-corrected chi connectivity index (χ4v) is 3.71. The van der Waals surface area contributed by atoms with Crippen molar-refractivity contribution >= 4 is 33.2 Å². The molecule has 0 radical (unpaired) electrons. The lowest BCUT2D eigenvalue weighted by Gasteiger charge is -2.13. The lowest BCUT2D eigenvalue weighted by molar-refractivity contribution is -0.118.